The summed E-state index contributed by atoms with van der Waals surface area (Å²) >= 11 is 0. The largest absolute Gasteiger partial charge is 0.374 e. The van der Waals surface area contributed by atoms with E-state index in [9.17, 15) is 0 Å². The van der Waals surface area contributed by atoms with Gasteiger partial charge in [-0.25, -0.2) is 0 Å². The Morgan fingerprint density at radius 2 is 1.71 bits per heavy atom. The summed E-state index contributed by atoms with van der Waals surface area (Å²) in [5.41, 5.74) is 2.53. The Morgan fingerprint density at radius 1 is 1.05 bits per heavy atom. The predicted molar refractivity (Wildman–Crippen MR) is 86.5 cm³/mol. The molecule has 1 aliphatic carbocycles. The van der Waals surface area contributed by atoms with Crippen LogP contribution in [-0.2, 0) is 22.5 Å². The van der Waals surface area contributed by atoms with Crippen LogP contribution in [0.2, 0.25) is 0 Å². The van der Waals surface area contributed by atoms with Crippen molar-refractivity contribution in [1.82, 2.24) is 5.32 Å². The third-order valence-corrected chi connectivity index (χ3v) is 3.48. The van der Waals surface area contributed by atoms with Gasteiger partial charge >= 0.3 is 0 Å². The average Bonchev–Trinajstić information content (AvgIpc) is 3.23. The highest BCUT2D eigenvalue weighted by Crippen LogP contribution is 2.18. The quantitative estimate of drug-likeness (QED) is 0.708. The molecule has 1 N–H and O–H groups in total. The minimum Gasteiger partial charge on any atom is -0.374 e. The van der Waals surface area contributed by atoms with Crippen LogP contribution < -0.4 is 5.32 Å². The first-order valence-corrected chi connectivity index (χ1v) is 8.06. The van der Waals surface area contributed by atoms with Crippen molar-refractivity contribution in [3.8, 4) is 0 Å². The molecule has 1 aromatic rings. The molecule has 0 aliphatic heterocycles. The number of rotatable bonds is 9. The molecule has 1 aliphatic rings. The van der Waals surface area contributed by atoms with Crippen molar-refractivity contribution in [3.63, 3.8) is 0 Å². The van der Waals surface area contributed by atoms with Gasteiger partial charge in [0.2, 0.25) is 0 Å². The molecule has 21 heavy (non-hydrogen) atoms. The monoisotopic (exact) mass is 291 g/mol. The van der Waals surface area contributed by atoms with Crippen molar-refractivity contribution in [2.24, 2.45) is 0 Å². The molecule has 0 aromatic heterocycles. The molecule has 3 heteroatoms. The topological polar surface area (TPSA) is 30.5 Å². The molecule has 2 rings (SSSR count). The first kappa shape index (κ1) is 16.5. The highest BCUT2D eigenvalue weighted by molar-refractivity contribution is 5.22. The third kappa shape index (κ3) is 7.60. The van der Waals surface area contributed by atoms with Gasteiger partial charge in [0.05, 0.1) is 25.4 Å². The summed E-state index contributed by atoms with van der Waals surface area (Å²) in [4.78, 5) is 0. The number of hydrogen-bond donors (Lipinski definition) is 1. The van der Waals surface area contributed by atoms with Crippen molar-refractivity contribution in [2.75, 3.05) is 19.8 Å². The number of hydrogen-bond acceptors (Lipinski definition) is 3. The van der Waals surface area contributed by atoms with E-state index < -0.39 is 0 Å². The summed E-state index contributed by atoms with van der Waals surface area (Å²) in [6, 6.07) is 9.54. The lowest BCUT2D eigenvalue weighted by atomic mass is 10.1. The van der Waals surface area contributed by atoms with Gasteiger partial charge in [-0.3, -0.25) is 0 Å². The van der Waals surface area contributed by atoms with Crippen molar-refractivity contribution in [2.45, 2.75) is 58.3 Å². The Hall–Kier alpha value is -0.900. The smallest absolute Gasteiger partial charge is 0.0718 e. The molecule has 0 atom stereocenters. The Bertz CT molecular complexity index is 404. The maximum atomic E-state index is 5.64. The number of benzene rings is 1. The van der Waals surface area contributed by atoms with Gasteiger partial charge in [0.25, 0.3) is 0 Å². The van der Waals surface area contributed by atoms with E-state index in [0.717, 1.165) is 19.0 Å². The van der Waals surface area contributed by atoms with E-state index in [1.165, 1.54) is 24.0 Å². The van der Waals surface area contributed by atoms with Gasteiger partial charge in [0.15, 0.2) is 0 Å². The van der Waals surface area contributed by atoms with E-state index in [1.54, 1.807) is 0 Å². The van der Waals surface area contributed by atoms with Crippen molar-refractivity contribution < 1.29 is 9.47 Å². The van der Waals surface area contributed by atoms with Crippen molar-refractivity contribution in [1.29, 1.82) is 0 Å². The normalized spacial score (nSPS) is 15.4. The fraction of sp³-hybridized carbons (Fsp3) is 0.667. The maximum absolute atomic E-state index is 5.64. The minimum atomic E-state index is -0.0838. The molecule has 0 spiro atoms. The zero-order valence-corrected chi connectivity index (χ0v) is 13.7. The lowest BCUT2D eigenvalue weighted by molar-refractivity contribution is -0.0376. The van der Waals surface area contributed by atoms with Crippen LogP contribution in [-0.4, -0.2) is 31.4 Å². The fourth-order valence-electron chi connectivity index (χ4n) is 2.11. The SMILES string of the molecule is CC(C)(C)OCCOCc1ccc(CCNC2CC2)cc1. The molecule has 0 heterocycles. The predicted octanol–water partition coefficient (Wildman–Crippen LogP) is 3.31. The second kappa shape index (κ2) is 7.92. The fourth-order valence-corrected chi connectivity index (χ4v) is 2.11. The summed E-state index contributed by atoms with van der Waals surface area (Å²) in [5, 5.41) is 3.54. The molecule has 1 saturated carbocycles. The molecule has 0 amide bonds. The van der Waals surface area contributed by atoms with Crippen LogP contribution in [0, 0.1) is 0 Å². The summed E-state index contributed by atoms with van der Waals surface area (Å²) < 4.78 is 11.3. The molecule has 0 bridgehead atoms. The van der Waals surface area contributed by atoms with E-state index >= 15 is 0 Å². The standard InChI is InChI=1S/C18H29NO2/c1-18(2,3)21-13-12-20-14-16-6-4-15(5-7-16)10-11-19-17-8-9-17/h4-7,17,19H,8-14H2,1-3H3. The molecule has 1 aromatic carbocycles. The Labute approximate surface area is 129 Å². The van der Waals surface area contributed by atoms with E-state index in [-0.39, 0.29) is 5.60 Å². The van der Waals surface area contributed by atoms with Crippen molar-refractivity contribution >= 4 is 0 Å². The Balaban J connectivity index is 1.58. The van der Waals surface area contributed by atoms with Crippen LogP contribution in [0.15, 0.2) is 24.3 Å². The van der Waals surface area contributed by atoms with Crippen LogP contribution >= 0.6 is 0 Å². The Kier molecular flexibility index (Phi) is 6.22. The zero-order valence-electron chi connectivity index (χ0n) is 13.7. The lowest BCUT2D eigenvalue weighted by Crippen LogP contribution is -2.21. The molecular weight excluding hydrogens is 262 g/mol. The minimum absolute atomic E-state index is 0.0838. The number of ether oxygens (including phenoxy) is 2. The average molecular weight is 291 g/mol. The van der Waals surface area contributed by atoms with Crippen LogP contribution in [0.4, 0.5) is 0 Å². The van der Waals surface area contributed by atoms with Crippen LogP contribution in [0.1, 0.15) is 44.7 Å². The van der Waals surface area contributed by atoms with Crippen LogP contribution in [0.5, 0.6) is 0 Å². The highest BCUT2D eigenvalue weighted by atomic mass is 16.5. The van der Waals surface area contributed by atoms with Gasteiger partial charge in [-0.15, -0.1) is 0 Å². The second-order valence-corrected chi connectivity index (χ2v) is 6.81. The number of nitrogens with one attached hydrogen (secondary N) is 1. The van der Waals surface area contributed by atoms with Gasteiger partial charge in [0, 0.05) is 6.04 Å². The van der Waals surface area contributed by atoms with Gasteiger partial charge < -0.3 is 14.8 Å². The summed E-state index contributed by atoms with van der Waals surface area (Å²) in [6.07, 6.45) is 3.82. The van der Waals surface area contributed by atoms with Crippen LogP contribution in [0.3, 0.4) is 0 Å². The molecule has 1 fully saturated rings. The molecule has 0 radical (unpaired) electrons. The Morgan fingerprint density at radius 3 is 2.33 bits per heavy atom. The van der Waals surface area contributed by atoms with Gasteiger partial charge in [-0.05, 0) is 57.7 Å². The summed E-state index contributed by atoms with van der Waals surface area (Å²) in [5.74, 6) is 0. The first-order chi connectivity index (χ1) is 10.0. The second-order valence-electron chi connectivity index (χ2n) is 6.81. The van der Waals surface area contributed by atoms with E-state index in [2.05, 4.69) is 50.4 Å². The maximum Gasteiger partial charge on any atom is 0.0718 e. The first-order valence-electron chi connectivity index (χ1n) is 8.06. The molecule has 3 nitrogen and oxygen atoms in total. The third-order valence-electron chi connectivity index (χ3n) is 3.48. The highest BCUT2D eigenvalue weighted by Gasteiger charge is 2.19. The molecule has 118 valence electrons. The molecular formula is C18H29NO2. The van der Waals surface area contributed by atoms with Crippen LogP contribution in [0.25, 0.3) is 0 Å². The van der Waals surface area contributed by atoms with E-state index in [1.807, 2.05) is 0 Å². The van der Waals surface area contributed by atoms with Gasteiger partial charge in [-0.2, -0.15) is 0 Å². The summed E-state index contributed by atoms with van der Waals surface area (Å²) in [6.45, 7) is 9.22. The molecule has 0 unspecified atom stereocenters. The zero-order chi connectivity index (χ0) is 15.1. The molecule has 0 saturated heterocycles. The summed E-state index contributed by atoms with van der Waals surface area (Å²) in [7, 11) is 0. The van der Waals surface area contributed by atoms with Gasteiger partial charge in [-0.1, -0.05) is 24.3 Å². The van der Waals surface area contributed by atoms with E-state index in [0.29, 0.717) is 19.8 Å². The van der Waals surface area contributed by atoms with Gasteiger partial charge in [0.1, 0.15) is 0 Å². The van der Waals surface area contributed by atoms with E-state index in [4.69, 9.17) is 9.47 Å². The lowest BCUT2D eigenvalue weighted by Gasteiger charge is -2.19. The van der Waals surface area contributed by atoms with Crippen molar-refractivity contribution in [3.05, 3.63) is 35.4 Å².